The zero-order valence-corrected chi connectivity index (χ0v) is 25.8. The van der Waals surface area contributed by atoms with Crippen LogP contribution < -0.4 is 16.6 Å². The first kappa shape index (κ1) is 35.1. The van der Waals surface area contributed by atoms with Crippen LogP contribution in [0.5, 0.6) is 0 Å². The standard InChI is InChI=1S/C25H35F3N9O8P/c1-18-11-35(24(40)34-22(18)38)21-10-19(43-17-42-9-7-5-3-2-4-6-8-31-23(39)25(26,27)28)20(45-21)12-44-46(41,36-15-29-13-32-36)37-16-30-14-33-37/h11,13-16,19-21H,2-10,12,17H2,1H3,(H,31,39)(H,34,38,40)/t19-,20+,21+/m0/s1. The van der Waals surface area contributed by atoms with Crippen LogP contribution in [0.4, 0.5) is 13.2 Å². The summed E-state index contributed by atoms with van der Waals surface area (Å²) >= 11 is 0. The maximum Gasteiger partial charge on any atom is 0.471 e. The molecule has 21 heteroatoms. The van der Waals surface area contributed by atoms with Crippen molar-refractivity contribution in [2.75, 3.05) is 26.6 Å². The molecule has 2 N–H and O–H groups in total. The van der Waals surface area contributed by atoms with Gasteiger partial charge in [-0.25, -0.2) is 19.3 Å². The Morgan fingerprint density at radius 3 is 2.37 bits per heavy atom. The molecule has 1 amide bonds. The first-order valence-electron chi connectivity index (χ1n) is 14.5. The van der Waals surface area contributed by atoms with Crippen molar-refractivity contribution < 1.29 is 41.3 Å². The van der Waals surface area contributed by atoms with E-state index in [9.17, 15) is 32.1 Å². The zero-order chi connectivity index (χ0) is 33.2. The van der Waals surface area contributed by atoms with Gasteiger partial charge < -0.3 is 19.5 Å². The van der Waals surface area contributed by atoms with Crippen LogP contribution in [0.1, 0.15) is 56.7 Å². The maximum absolute atomic E-state index is 13.8. The highest BCUT2D eigenvalue weighted by atomic mass is 31.2. The highest BCUT2D eigenvalue weighted by molar-refractivity contribution is 7.55. The number of amides is 1. The molecule has 4 heterocycles. The van der Waals surface area contributed by atoms with Crippen molar-refractivity contribution in [3.05, 3.63) is 57.9 Å². The minimum absolute atomic E-state index is 0.0224. The molecular weight excluding hydrogens is 642 g/mol. The predicted octanol–water partition coefficient (Wildman–Crippen LogP) is 1.92. The van der Waals surface area contributed by atoms with Gasteiger partial charge in [0.25, 0.3) is 5.56 Å². The van der Waals surface area contributed by atoms with E-state index in [0.29, 0.717) is 25.0 Å². The van der Waals surface area contributed by atoms with E-state index in [1.165, 1.54) is 36.1 Å². The number of aromatic amines is 1. The molecule has 0 aliphatic carbocycles. The highest BCUT2D eigenvalue weighted by Gasteiger charge is 2.41. The third kappa shape index (κ3) is 9.41. The number of hydrogen-bond acceptors (Lipinski definition) is 12. The molecule has 3 aromatic heterocycles. The number of H-pyrrole nitrogens is 1. The average Bonchev–Trinajstić information content (AvgIpc) is 3.81. The highest BCUT2D eigenvalue weighted by Crippen LogP contribution is 2.48. The smallest absolute Gasteiger partial charge is 0.355 e. The SMILES string of the molecule is Cc1cn([C@H]2C[C@H](OCOCCCCCCCCNC(=O)C(F)(F)F)[C@@H](COP(=O)(n3cncn3)n3cncn3)O2)c(=O)[nH]c1=O. The lowest BCUT2D eigenvalue weighted by atomic mass is 10.1. The van der Waals surface area contributed by atoms with Gasteiger partial charge >= 0.3 is 25.4 Å². The van der Waals surface area contributed by atoms with Crippen LogP contribution >= 0.6 is 7.67 Å². The topological polar surface area (TPSA) is 199 Å². The van der Waals surface area contributed by atoms with E-state index < -0.39 is 49.4 Å². The molecule has 4 rings (SSSR count). The Hall–Kier alpha value is -3.71. The molecule has 254 valence electrons. The van der Waals surface area contributed by atoms with Gasteiger partial charge in [0.1, 0.15) is 44.4 Å². The number of aromatic nitrogens is 8. The third-order valence-electron chi connectivity index (χ3n) is 7.00. The first-order chi connectivity index (χ1) is 22.0. The fourth-order valence-corrected chi connectivity index (χ4v) is 6.08. The second-order valence-electron chi connectivity index (χ2n) is 10.4. The van der Waals surface area contributed by atoms with Crippen LogP contribution in [0.25, 0.3) is 0 Å². The first-order valence-corrected chi connectivity index (χ1v) is 16.0. The molecule has 1 aliphatic rings. The van der Waals surface area contributed by atoms with Gasteiger partial charge in [-0.2, -0.15) is 32.3 Å². The van der Waals surface area contributed by atoms with Gasteiger partial charge in [0.05, 0.1) is 12.7 Å². The predicted molar refractivity (Wildman–Crippen MR) is 151 cm³/mol. The lowest BCUT2D eigenvalue weighted by Crippen LogP contribution is -2.37. The number of carbonyl (C=O) groups is 1. The molecule has 0 unspecified atom stereocenters. The number of alkyl halides is 3. The molecular formula is C25H35F3N9O8P. The molecule has 1 aliphatic heterocycles. The lowest BCUT2D eigenvalue weighted by molar-refractivity contribution is -0.173. The third-order valence-corrected chi connectivity index (χ3v) is 8.93. The van der Waals surface area contributed by atoms with Crippen molar-refractivity contribution in [2.24, 2.45) is 0 Å². The van der Waals surface area contributed by atoms with Crippen molar-refractivity contribution in [1.29, 1.82) is 0 Å². The summed E-state index contributed by atoms with van der Waals surface area (Å²) < 4.78 is 77.1. The van der Waals surface area contributed by atoms with Crippen molar-refractivity contribution in [2.45, 2.75) is 76.5 Å². The fraction of sp³-hybridized carbons (Fsp3) is 0.640. The monoisotopic (exact) mass is 677 g/mol. The quantitative estimate of drug-likeness (QED) is 0.113. The van der Waals surface area contributed by atoms with Crippen LogP contribution in [0, 0.1) is 6.92 Å². The number of nitrogens with zero attached hydrogens (tertiary/aromatic N) is 7. The Balaban J connectivity index is 1.26. The number of aryl methyl sites for hydroxylation is 1. The Labute approximate surface area is 260 Å². The number of ether oxygens (including phenoxy) is 3. The Bertz CT molecular complexity index is 1510. The van der Waals surface area contributed by atoms with E-state index in [4.69, 9.17) is 18.7 Å². The Kier molecular flexibility index (Phi) is 12.4. The van der Waals surface area contributed by atoms with E-state index in [2.05, 4.69) is 25.1 Å². The molecule has 3 atom stereocenters. The molecule has 3 aromatic rings. The summed E-state index contributed by atoms with van der Waals surface area (Å²) in [6, 6.07) is 0. The van der Waals surface area contributed by atoms with E-state index in [1.54, 1.807) is 6.92 Å². The molecule has 0 bridgehead atoms. The molecule has 0 radical (unpaired) electrons. The summed E-state index contributed by atoms with van der Waals surface area (Å²) in [4.78, 5) is 45.1. The molecule has 46 heavy (non-hydrogen) atoms. The summed E-state index contributed by atoms with van der Waals surface area (Å²) in [5.41, 5.74) is -0.880. The Morgan fingerprint density at radius 1 is 1.09 bits per heavy atom. The molecule has 1 saturated heterocycles. The van der Waals surface area contributed by atoms with E-state index in [0.717, 1.165) is 34.6 Å². The van der Waals surface area contributed by atoms with Crippen molar-refractivity contribution in [3.8, 4) is 0 Å². The second-order valence-corrected chi connectivity index (χ2v) is 12.4. The fourth-order valence-electron chi connectivity index (χ4n) is 4.58. The Morgan fingerprint density at radius 2 is 1.74 bits per heavy atom. The second kappa shape index (κ2) is 16.2. The number of nitrogens with one attached hydrogen (secondary N) is 2. The summed E-state index contributed by atoms with van der Waals surface area (Å²) in [6.45, 7) is 1.53. The largest absolute Gasteiger partial charge is 0.471 e. The summed E-state index contributed by atoms with van der Waals surface area (Å²) in [6.07, 6.45) is 3.52. The summed E-state index contributed by atoms with van der Waals surface area (Å²) in [7, 11) is -3.95. The number of halogens is 3. The van der Waals surface area contributed by atoms with Gasteiger partial charge in [0.15, 0.2) is 0 Å². The van der Waals surface area contributed by atoms with Gasteiger partial charge in [-0.3, -0.25) is 23.7 Å². The molecule has 0 saturated carbocycles. The molecule has 0 aromatic carbocycles. The number of unbranched alkanes of at least 4 members (excludes halogenated alkanes) is 5. The van der Waals surface area contributed by atoms with Gasteiger partial charge in [0.2, 0.25) is 0 Å². The number of rotatable bonds is 18. The molecule has 1 fully saturated rings. The lowest BCUT2D eigenvalue weighted by Gasteiger charge is -2.22. The van der Waals surface area contributed by atoms with Gasteiger partial charge in [-0.15, -0.1) is 0 Å². The van der Waals surface area contributed by atoms with Gasteiger partial charge in [-0.05, 0) is 19.8 Å². The maximum atomic E-state index is 13.8. The number of carbonyl (C=O) groups excluding carboxylic acids is 1. The van der Waals surface area contributed by atoms with Crippen molar-refractivity contribution in [1.82, 2.24) is 43.9 Å². The van der Waals surface area contributed by atoms with Crippen LogP contribution in [0.2, 0.25) is 0 Å². The van der Waals surface area contributed by atoms with E-state index >= 15 is 0 Å². The molecule has 0 spiro atoms. The summed E-state index contributed by atoms with van der Waals surface area (Å²) in [5.74, 6) is -1.93. The number of hydrogen-bond donors (Lipinski definition) is 2. The van der Waals surface area contributed by atoms with Crippen LogP contribution in [0.3, 0.4) is 0 Å². The molecule has 17 nitrogen and oxygen atoms in total. The van der Waals surface area contributed by atoms with E-state index in [-0.39, 0.29) is 26.4 Å². The van der Waals surface area contributed by atoms with Gasteiger partial charge in [0, 0.05) is 31.3 Å². The van der Waals surface area contributed by atoms with E-state index in [1.807, 2.05) is 5.32 Å². The van der Waals surface area contributed by atoms with Gasteiger partial charge in [-0.1, -0.05) is 25.7 Å². The van der Waals surface area contributed by atoms with Crippen molar-refractivity contribution >= 4 is 13.6 Å². The minimum atomic E-state index is -4.87. The zero-order valence-electron chi connectivity index (χ0n) is 24.9. The minimum Gasteiger partial charge on any atom is -0.355 e. The van der Waals surface area contributed by atoms with Crippen LogP contribution in [-0.4, -0.2) is 89.5 Å². The van der Waals surface area contributed by atoms with Crippen LogP contribution in [-0.2, 0) is 28.1 Å². The summed E-state index contributed by atoms with van der Waals surface area (Å²) in [5, 5.41) is 9.71. The van der Waals surface area contributed by atoms with Crippen molar-refractivity contribution in [3.63, 3.8) is 0 Å². The normalized spacial score (nSPS) is 18.7. The average molecular weight is 678 g/mol. The van der Waals surface area contributed by atoms with Crippen LogP contribution in [0.15, 0.2) is 41.1 Å².